The maximum Gasteiger partial charge on any atom is 0.123 e. The molecule has 0 aromatic heterocycles. The molecule has 0 heterocycles. The SMILES string of the molecule is C.CNC1CCCc2cc(F)ccc21.Cl. The molecule has 1 aromatic rings. The fourth-order valence-electron chi connectivity index (χ4n) is 2.08. The van der Waals surface area contributed by atoms with Crippen molar-refractivity contribution in [1.82, 2.24) is 5.32 Å². The third kappa shape index (κ3) is 2.93. The fraction of sp³-hybridized carbons (Fsp3) is 0.500. The van der Waals surface area contributed by atoms with E-state index >= 15 is 0 Å². The topological polar surface area (TPSA) is 12.0 Å². The fourth-order valence-corrected chi connectivity index (χ4v) is 2.08. The van der Waals surface area contributed by atoms with E-state index in [0.29, 0.717) is 6.04 Å². The Morgan fingerprint density at radius 2 is 2.13 bits per heavy atom. The van der Waals surface area contributed by atoms with Gasteiger partial charge in [0.25, 0.3) is 0 Å². The number of hydrogen-bond donors (Lipinski definition) is 1. The second-order valence-electron chi connectivity index (χ2n) is 3.58. The van der Waals surface area contributed by atoms with E-state index in [1.807, 2.05) is 13.1 Å². The van der Waals surface area contributed by atoms with Gasteiger partial charge in [-0.3, -0.25) is 0 Å². The molecule has 1 atom stereocenters. The summed E-state index contributed by atoms with van der Waals surface area (Å²) in [4.78, 5) is 0. The van der Waals surface area contributed by atoms with Crippen molar-refractivity contribution in [2.75, 3.05) is 7.05 Å². The summed E-state index contributed by atoms with van der Waals surface area (Å²) in [5, 5.41) is 3.26. The number of hydrogen-bond acceptors (Lipinski definition) is 1. The summed E-state index contributed by atoms with van der Waals surface area (Å²) < 4.78 is 12.9. The second kappa shape index (κ2) is 6.09. The Kier molecular flexibility index (Phi) is 5.84. The summed E-state index contributed by atoms with van der Waals surface area (Å²) in [6, 6.07) is 5.54. The van der Waals surface area contributed by atoms with Gasteiger partial charge < -0.3 is 5.32 Å². The minimum absolute atomic E-state index is 0. The molecular formula is C12H19ClFN. The molecule has 0 saturated carbocycles. The molecule has 0 saturated heterocycles. The Labute approximate surface area is 97.5 Å². The van der Waals surface area contributed by atoms with Gasteiger partial charge in [0.1, 0.15) is 5.82 Å². The van der Waals surface area contributed by atoms with Crippen molar-refractivity contribution in [3.63, 3.8) is 0 Å². The van der Waals surface area contributed by atoms with Crippen LogP contribution in [-0.4, -0.2) is 7.05 Å². The molecule has 1 unspecified atom stereocenters. The van der Waals surface area contributed by atoms with Crippen molar-refractivity contribution >= 4 is 12.4 Å². The Balaban J connectivity index is 0.000000980. The van der Waals surface area contributed by atoms with Crippen molar-refractivity contribution in [3.8, 4) is 0 Å². The standard InChI is InChI=1S/C11H14FN.CH4.ClH/c1-13-11-4-2-3-8-7-9(12)5-6-10(8)11;;/h5-7,11,13H,2-4H2,1H3;1H4;1H. The Morgan fingerprint density at radius 1 is 1.40 bits per heavy atom. The van der Waals surface area contributed by atoms with E-state index in [4.69, 9.17) is 0 Å². The first kappa shape index (κ1) is 14.4. The molecule has 1 aliphatic rings. The van der Waals surface area contributed by atoms with Crippen LogP contribution in [0.25, 0.3) is 0 Å². The van der Waals surface area contributed by atoms with E-state index in [9.17, 15) is 4.39 Å². The highest BCUT2D eigenvalue weighted by atomic mass is 35.5. The molecule has 0 radical (unpaired) electrons. The lowest BCUT2D eigenvalue weighted by Crippen LogP contribution is -2.21. The quantitative estimate of drug-likeness (QED) is 0.781. The van der Waals surface area contributed by atoms with Gasteiger partial charge in [0.2, 0.25) is 0 Å². The molecule has 86 valence electrons. The molecule has 0 bridgehead atoms. The lowest BCUT2D eigenvalue weighted by atomic mass is 9.88. The van der Waals surface area contributed by atoms with Gasteiger partial charge in [0.05, 0.1) is 0 Å². The van der Waals surface area contributed by atoms with Gasteiger partial charge in [-0.2, -0.15) is 0 Å². The van der Waals surface area contributed by atoms with Crippen LogP contribution in [0.1, 0.15) is 37.4 Å². The largest absolute Gasteiger partial charge is 0.313 e. The average molecular weight is 232 g/mol. The van der Waals surface area contributed by atoms with Crippen LogP contribution in [0.3, 0.4) is 0 Å². The van der Waals surface area contributed by atoms with Crippen LogP contribution in [0.2, 0.25) is 0 Å². The second-order valence-corrected chi connectivity index (χ2v) is 3.58. The molecule has 15 heavy (non-hydrogen) atoms. The summed E-state index contributed by atoms with van der Waals surface area (Å²) in [6.07, 6.45) is 3.34. The lowest BCUT2D eigenvalue weighted by molar-refractivity contribution is 0.493. The van der Waals surface area contributed by atoms with Crippen LogP contribution in [0.4, 0.5) is 4.39 Å². The molecule has 2 rings (SSSR count). The summed E-state index contributed by atoms with van der Waals surface area (Å²) in [6.45, 7) is 0. The van der Waals surface area contributed by atoms with Gasteiger partial charge in [-0.1, -0.05) is 13.5 Å². The van der Waals surface area contributed by atoms with Crippen LogP contribution in [-0.2, 0) is 6.42 Å². The van der Waals surface area contributed by atoms with Crippen molar-refractivity contribution in [3.05, 3.63) is 35.1 Å². The minimum atomic E-state index is -0.115. The smallest absolute Gasteiger partial charge is 0.123 e. The number of halogens is 2. The van der Waals surface area contributed by atoms with E-state index in [0.717, 1.165) is 19.3 Å². The summed E-state index contributed by atoms with van der Waals surface area (Å²) in [7, 11) is 1.96. The highest BCUT2D eigenvalue weighted by Gasteiger charge is 2.18. The predicted octanol–water partition coefficient (Wildman–Crippen LogP) is 3.48. The first-order valence-electron chi connectivity index (χ1n) is 4.77. The minimum Gasteiger partial charge on any atom is -0.313 e. The van der Waals surface area contributed by atoms with E-state index in [-0.39, 0.29) is 25.7 Å². The highest BCUT2D eigenvalue weighted by molar-refractivity contribution is 5.85. The zero-order chi connectivity index (χ0) is 9.26. The molecule has 3 heteroatoms. The van der Waals surface area contributed by atoms with Gasteiger partial charge in [-0.15, -0.1) is 12.4 Å². The Bertz CT molecular complexity index is 314. The molecule has 0 amide bonds. The van der Waals surface area contributed by atoms with Gasteiger partial charge >= 0.3 is 0 Å². The van der Waals surface area contributed by atoms with Crippen molar-refractivity contribution in [2.24, 2.45) is 0 Å². The van der Waals surface area contributed by atoms with Crippen LogP contribution in [0, 0.1) is 5.82 Å². The highest BCUT2D eigenvalue weighted by Crippen LogP contribution is 2.29. The summed E-state index contributed by atoms with van der Waals surface area (Å²) in [5.41, 5.74) is 2.45. The molecule has 0 spiro atoms. The number of nitrogens with one attached hydrogen (secondary N) is 1. The Morgan fingerprint density at radius 3 is 2.80 bits per heavy atom. The van der Waals surface area contributed by atoms with Gasteiger partial charge in [-0.05, 0) is 49.6 Å². The molecule has 1 N–H and O–H groups in total. The summed E-state index contributed by atoms with van der Waals surface area (Å²) in [5.74, 6) is -0.115. The van der Waals surface area contributed by atoms with Crippen LogP contribution < -0.4 is 5.32 Å². The van der Waals surface area contributed by atoms with E-state index in [1.54, 1.807) is 12.1 Å². The van der Waals surface area contributed by atoms with Gasteiger partial charge in [0, 0.05) is 6.04 Å². The molecule has 1 nitrogen and oxygen atoms in total. The van der Waals surface area contributed by atoms with Gasteiger partial charge in [0.15, 0.2) is 0 Å². The number of rotatable bonds is 1. The van der Waals surface area contributed by atoms with Crippen molar-refractivity contribution in [2.45, 2.75) is 32.7 Å². The van der Waals surface area contributed by atoms with E-state index in [1.165, 1.54) is 11.1 Å². The monoisotopic (exact) mass is 231 g/mol. The van der Waals surface area contributed by atoms with Crippen LogP contribution in [0.15, 0.2) is 18.2 Å². The maximum atomic E-state index is 12.9. The average Bonchev–Trinajstić information content (AvgIpc) is 2.16. The normalized spacial score (nSPS) is 18.4. The van der Waals surface area contributed by atoms with E-state index < -0.39 is 0 Å². The first-order chi connectivity index (χ1) is 6.31. The molecule has 0 aliphatic heterocycles. The molecule has 1 aliphatic carbocycles. The maximum absolute atomic E-state index is 12.9. The van der Waals surface area contributed by atoms with Crippen molar-refractivity contribution in [1.29, 1.82) is 0 Å². The summed E-state index contributed by atoms with van der Waals surface area (Å²) >= 11 is 0. The van der Waals surface area contributed by atoms with Crippen LogP contribution >= 0.6 is 12.4 Å². The number of benzene rings is 1. The predicted molar refractivity (Wildman–Crippen MR) is 65.1 cm³/mol. The lowest BCUT2D eigenvalue weighted by Gasteiger charge is -2.24. The zero-order valence-electron chi connectivity index (χ0n) is 8.22. The molecule has 1 aromatic carbocycles. The molecule has 0 fully saturated rings. The first-order valence-corrected chi connectivity index (χ1v) is 4.77. The van der Waals surface area contributed by atoms with Crippen LogP contribution in [0.5, 0.6) is 0 Å². The zero-order valence-corrected chi connectivity index (χ0v) is 9.03. The third-order valence-electron chi connectivity index (χ3n) is 2.77. The van der Waals surface area contributed by atoms with E-state index in [2.05, 4.69) is 5.32 Å². The third-order valence-corrected chi connectivity index (χ3v) is 2.77. The Hall–Kier alpha value is -0.600. The number of fused-ring (bicyclic) bond motifs is 1. The van der Waals surface area contributed by atoms with Crippen molar-refractivity contribution < 1.29 is 4.39 Å². The molecular weight excluding hydrogens is 213 g/mol. The number of aryl methyl sites for hydroxylation is 1. The van der Waals surface area contributed by atoms with Gasteiger partial charge in [-0.25, -0.2) is 4.39 Å².